The summed E-state index contributed by atoms with van der Waals surface area (Å²) < 4.78 is 10.9. The van der Waals surface area contributed by atoms with Crippen molar-refractivity contribution in [2.45, 2.75) is 26.7 Å². The smallest absolute Gasteiger partial charge is 0.105 e. The first-order chi connectivity index (χ1) is 4.70. The van der Waals surface area contributed by atoms with Gasteiger partial charge < -0.3 is 4.55 Å². The van der Waals surface area contributed by atoms with Crippen molar-refractivity contribution in [2.24, 2.45) is 11.8 Å². The highest BCUT2D eigenvalue weighted by Gasteiger charge is 2.23. The summed E-state index contributed by atoms with van der Waals surface area (Å²) in [5.41, 5.74) is 0. The minimum atomic E-state index is -0.477. The van der Waals surface area contributed by atoms with Crippen LogP contribution in [0.1, 0.15) is 26.7 Å². The number of rotatable bonds is 1. The van der Waals surface area contributed by atoms with Gasteiger partial charge in [0.1, 0.15) is 11.5 Å². The summed E-state index contributed by atoms with van der Waals surface area (Å²) >= 11 is -0.477. The molecule has 0 aromatic heterocycles. The lowest BCUT2D eigenvalue weighted by molar-refractivity contribution is 0.352. The molecule has 0 N–H and O–H groups in total. The van der Waals surface area contributed by atoms with Crippen LogP contribution in [0.15, 0.2) is 0 Å². The van der Waals surface area contributed by atoms with E-state index in [0.717, 1.165) is 23.3 Å². The van der Waals surface area contributed by atoms with Crippen LogP contribution >= 0.6 is 0 Å². The van der Waals surface area contributed by atoms with Gasteiger partial charge in [-0.2, -0.15) is 0 Å². The predicted molar refractivity (Wildman–Crippen MR) is 45.4 cm³/mol. The van der Waals surface area contributed by atoms with Crippen molar-refractivity contribution >= 4 is 11.2 Å². The average Bonchev–Trinajstić information content (AvgIpc) is 1.88. The van der Waals surface area contributed by atoms with E-state index in [1.165, 1.54) is 12.8 Å². The van der Waals surface area contributed by atoms with Crippen molar-refractivity contribution in [1.29, 1.82) is 0 Å². The zero-order chi connectivity index (χ0) is 7.56. The van der Waals surface area contributed by atoms with E-state index >= 15 is 0 Å². The predicted octanol–water partition coefficient (Wildman–Crippen LogP) is 1.80. The highest BCUT2D eigenvalue weighted by Crippen LogP contribution is 2.25. The lowest BCUT2D eigenvalue weighted by Gasteiger charge is -2.26. The molecular formula is C8H16OS. The highest BCUT2D eigenvalue weighted by molar-refractivity contribution is 7.91. The molecule has 10 heavy (non-hydrogen) atoms. The SMILES string of the molecule is CC(C)C1CC[S+]([O-])CC1. The van der Waals surface area contributed by atoms with Gasteiger partial charge in [-0.15, -0.1) is 0 Å². The molecule has 0 spiro atoms. The fourth-order valence-corrected chi connectivity index (χ4v) is 2.81. The van der Waals surface area contributed by atoms with Crippen LogP contribution in [-0.2, 0) is 11.2 Å². The van der Waals surface area contributed by atoms with E-state index in [4.69, 9.17) is 0 Å². The van der Waals surface area contributed by atoms with Crippen molar-refractivity contribution in [3.63, 3.8) is 0 Å². The van der Waals surface area contributed by atoms with Gasteiger partial charge in [-0.1, -0.05) is 25.0 Å². The molecule has 1 rings (SSSR count). The van der Waals surface area contributed by atoms with E-state index in [-0.39, 0.29) is 0 Å². The van der Waals surface area contributed by atoms with E-state index in [1.54, 1.807) is 0 Å². The Kier molecular flexibility index (Phi) is 3.05. The number of hydrogen-bond acceptors (Lipinski definition) is 1. The topological polar surface area (TPSA) is 23.1 Å². The normalized spacial score (nSPS) is 34.8. The van der Waals surface area contributed by atoms with Crippen LogP contribution in [0.2, 0.25) is 0 Å². The number of hydrogen-bond donors (Lipinski definition) is 0. The van der Waals surface area contributed by atoms with Crippen LogP contribution in [0.5, 0.6) is 0 Å². The lowest BCUT2D eigenvalue weighted by Crippen LogP contribution is -2.25. The summed E-state index contributed by atoms with van der Waals surface area (Å²) in [5.74, 6) is 3.53. The standard InChI is InChI=1S/C8H16OS/c1-7(2)8-3-5-10(9)6-4-8/h7-8H,3-6H2,1-2H3. The third-order valence-electron chi connectivity index (χ3n) is 2.38. The van der Waals surface area contributed by atoms with E-state index in [1.807, 2.05) is 0 Å². The molecule has 1 aliphatic heterocycles. The van der Waals surface area contributed by atoms with Gasteiger partial charge >= 0.3 is 0 Å². The molecule has 0 aromatic carbocycles. The first-order valence-corrected chi connectivity index (χ1v) is 5.54. The van der Waals surface area contributed by atoms with E-state index < -0.39 is 11.2 Å². The molecule has 0 saturated carbocycles. The first-order valence-electron chi connectivity index (χ1n) is 4.05. The quantitative estimate of drug-likeness (QED) is 0.536. The largest absolute Gasteiger partial charge is 0.616 e. The fourth-order valence-electron chi connectivity index (χ4n) is 1.48. The van der Waals surface area contributed by atoms with Gasteiger partial charge in [0.2, 0.25) is 0 Å². The first kappa shape index (κ1) is 8.41. The van der Waals surface area contributed by atoms with Crippen LogP contribution in [0.4, 0.5) is 0 Å². The van der Waals surface area contributed by atoms with Crippen LogP contribution < -0.4 is 0 Å². The summed E-state index contributed by atoms with van der Waals surface area (Å²) in [6.45, 7) is 4.53. The zero-order valence-electron chi connectivity index (χ0n) is 6.80. The van der Waals surface area contributed by atoms with Crippen molar-refractivity contribution in [2.75, 3.05) is 11.5 Å². The second kappa shape index (κ2) is 3.63. The third-order valence-corrected chi connectivity index (χ3v) is 3.76. The molecule has 0 bridgehead atoms. The Hall–Kier alpha value is 0.310. The lowest BCUT2D eigenvalue weighted by atomic mass is 9.91. The maximum absolute atomic E-state index is 10.9. The van der Waals surface area contributed by atoms with E-state index in [9.17, 15) is 4.55 Å². The second-order valence-corrected chi connectivity index (χ2v) is 5.13. The molecule has 1 fully saturated rings. The monoisotopic (exact) mass is 160 g/mol. The summed E-state index contributed by atoms with van der Waals surface area (Å²) in [7, 11) is 0. The van der Waals surface area contributed by atoms with Crippen LogP contribution in [0.25, 0.3) is 0 Å². The second-order valence-electron chi connectivity index (χ2n) is 3.43. The molecule has 2 heteroatoms. The van der Waals surface area contributed by atoms with Gasteiger partial charge in [0.25, 0.3) is 0 Å². The molecule has 0 unspecified atom stereocenters. The van der Waals surface area contributed by atoms with Gasteiger partial charge in [0, 0.05) is 0 Å². The third kappa shape index (κ3) is 2.17. The Balaban J connectivity index is 2.26. The van der Waals surface area contributed by atoms with E-state index in [0.29, 0.717) is 0 Å². The molecule has 60 valence electrons. The van der Waals surface area contributed by atoms with E-state index in [2.05, 4.69) is 13.8 Å². The van der Waals surface area contributed by atoms with Crippen molar-refractivity contribution in [1.82, 2.24) is 0 Å². The minimum absolute atomic E-state index is 0.477. The van der Waals surface area contributed by atoms with Gasteiger partial charge in [0.05, 0.1) is 0 Å². The Morgan fingerprint density at radius 3 is 2.20 bits per heavy atom. The summed E-state index contributed by atoms with van der Waals surface area (Å²) in [5, 5.41) is 0. The summed E-state index contributed by atoms with van der Waals surface area (Å²) in [4.78, 5) is 0. The fraction of sp³-hybridized carbons (Fsp3) is 1.00. The van der Waals surface area contributed by atoms with Gasteiger partial charge in [-0.05, 0) is 24.7 Å². The van der Waals surface area contributed by atoms with Gasteiger partial charge in [0.15, 0.2) is 0 Å². The average molecular weight is 160 g/mol. The Morgan fingerprint density at radius 1 is 1.30 bits per heavy atom. The van der Waals surface area contributed by atoms with Crippen molar-refractivity contribution in [3.8, 4) is 0 Å². The molecule has 1 heterocycles. The van der Waals surface area contributed by atoms with Crippen LogP contribution in [0, 0.1) is 11.8 Å². The highest BCUT2D eigenvalue weighted by atomic mass is 32.2. The van der Waals surface area contributed by atoms with Gasteiger partial charge in [-0.3, -0.25) is 0 Å². The Bertz CT molecular complexity index is 95.4. The zero-order valence-corrected chi connectivity index (χ0v) is 7.62. The molecule has 1 saturated heterocycles. The van der Waals surface area contributed by atoms with Gasteiger partial charge in [-0.25, -0.2) is 0 Å². The Morgan fingerprint density at radius 2 is 1.80 bits per heavy atom. The minimum Gasteiger partial charge on any atom is -0.616 e. The molecule has 0 radical (unpaired) electrons. The molecule has 0 atom stereocenters. The Labute approximate surface area is 66.4 Å². The molecule has 0 aliphatic carbocycles. The maximum Gasteiger partial charge on any atom is 0.105 e. The molecule has 1 aliphatic rings. The molecule has 1 nitrogen and oxygen atoms in total. The van der Waals surface area contributed by atoms with Crippen molar-refractivity contribution in [3.05, 3.63) is 0 Å². The maximum atomic E-state index is 10.9. The van der Waals surface area contributed by atoms with Crippen LogP contribution in [-0.4, -0.2) is 16.1 Å². The van der Waals surface area contributed by atoms with Crippen molar-refractivity contribution < 1.29 is 4.55 Å². The summed E-state index contributed by atoms with van der Waals surface area (Å²) in [6, 6.07) is 0. The molecule has 0 amide bonds. The molecular weight excluding hydrogens is 144 g/mol. The van der Waals surface area contributed by atoms with Crippen LogP contribution in [0.3, 0.4) is 0 Å². The summed E-state index contributed by atoms with van der Waals surface area (Å²) in [6.07, 6.45) is 2.37. The molecule has 0 aromatic rings.